The van der Waals surface area contributed by atoms with E-state index in [1.807, 2.05) is 48.5 Å². The van der Waals surface area contributed by atoms with Gasteiger partial charge >= 0.3 is 0 Å². The summed E-state index contributed by atoms with van der Waals surface area (Å²) in [5.41, 5.74) is 3.58. The Balaban J connectivity index is 1.47. The molecule has 4 aromatic rings. The van der Waals surface area contributed by atoms with E-state index in [0.29, 0.717) is 11.5 Å². The maximum Gasteiger partial charge on any atom is 0.257 e. The highest BCUT2D eigenvalue weighted by Crippen LogP contribution is 2.26. The van der Waals surface area contributed by atoms with Crippen LogP contribution in [0.15, 0.2) is 81.7 Å². The van der Waals surface area contributed by atoms with E-state index in [-0.39, 0.29) is 11.0 Å². The van der Waals surface area contributed by atoms with Gasteiger partial charge in [-0.3, -0.25) is 10.1 Å². The second-order valence-electron chi connectivity index (χ2n) is 5.98. The zero-order valence-electron chi connectivity index (χ0n) is 14.5. The van der Waals surface area contributed by atoms with Crippen LogP contribution in [0.4, 0.5) is 5.69 Å². The number of anilines is 1. The maximum absolute atomic E-state index is 12.3. The number of amides is 1. The first-order valence-corrected chi connectivity index (χ1v) is 9.62. The molecule has 0 aliphatic rings. The monoisotopic (exact) mass is 451 g/mol. The van der Waals surface area contributed by atoms with Crippen molar-refractivity contribution in [2.45, 2.75) is 0 Å². The Morgan fingerprint density at radius 1 is 1.00 bits per heavy atom. The fourth-order valence-corrected chi connectivity index (χ4v) is 3.14. The molecule has 138 valence electrons. The van der Waals surface area contributed by atoms with E-state index in [1.165, 1.54) is 0 Å². The SMILES string of the molecule is O=C(NC(=S)Nc1cccc(-c2nc3ccccc3o2)c1)c1ccc(Br)cc1. The number of hydrogen-bond donors (Lipinski definition) is 2. The molecule has 1 amide bonds. The number of benzene rings is 3. The molecule has 1 aromatic heterocycles. The number of nitrogens with zero attached hydrogens (tertiary/aromatic N) is 1. The predicted octanol–water partition coefficient (Wildman–Crippen LogP) is 5.38. The van der Waals surface area contributed by atoms with Gasteiger partial charge in [-0.05, 0) is 66.8 Å². The topological polar surface area (TPSA) is 67.2 Å². The average molecular weight is 452 g/mol. The van der Waals surface area contributed by atoms with E-state index in [1.54, 1.807) is 24.3 Å². The molecule has 1 heterocycles. The Labute approximate surface area is 174 Å². The lowest BCUT2D eigenvalue weighted by Gasteiger charge is -2.10. The van der Waals surface area contributed by atoms with Gasteiger partial charge in [0.15, 0.2) is 10.7 Å². The highest BCUT2D eigenvalue weighted by atomic mass is 79.9. The number of aromatic nitrogens is 1. The molecule has 0 aliphatic heterocycles. The molecule has 28 heavy (non-hydrogen) atoms. The zero-order chi connectivity index (χ0) is 19.5. The van der Waals surface area contributed by atoms with E-state index >= 15 is 0 Å². The Kier molecular flexibility index (Phi) is 5.18. The lowest BCUT2D eigenvalue weighted by molar-refractivity contribution is 0.0977. The fraction of sp³-hybridized carbons (Fsp3) is 0. The highest BCUT2D eigenvalue weighted by Gasteiger charge is 2.10. The van der Waals surface area contributed by atoms with E-state index in [9.17, 15) is 4.79 Å². The lowest BCUT2D eigenvalue weighted by Crippen LogP contribution is -2.34. The van der Waals surface area contributed by atoms with Crippen LogP contribution >= 0.6 is 28.1 Å². The Morgan fingerprint density at radius 2 is 1.79 bits per heavy atom. The van der Waals surface area contributed by atoms with Gasteiger partial charge in [-0.2, -0.15) is 0 Å². The van der Waals surface area contributed by atoms with Gasteiger partial charge in [0.1, 0.15) is 5.52 Å². The molecule has 0 atom stereocenters. The van der Waals surface area contributed by atoms with Crippen LogP contribution in [0, 0.1) is 0 Å². The lowest BCUT2D eigenvalue weighted by atomic mass is 10.2. The summed E-state index contributed by atoms with van der Waals surface area (Å²) in [4.78, 5) is 16.8. The van der Waals surface area contributed by atoms with Crippen LogP contribution < -0.4 is 10.6 Å². The van der Waals surface area contributed by atoms with Gasteiger partial charge in [-0.15, -0.1) is 0 Å². The fourth-order valence-electron chi connectivity index (χ4n) is 2.66. The van der Waals surface area contributed by atoms with E-state index in [0.717, 1.165) is 26.8 Å². The van der Waals surface area contributed by atoms with Crippen molar-refractivity contribution in [3.8, 4) is 11.5 Å². The molecule has 0 bridgehead atoms. The summed E-state index contributed by atoms with van der Waals surface area (Å²) in [7, 11) is 0. The Morgan fingerprint density at radius 3 is 2.57 bits per heavy atom. The molecule has 0 saturated heterocycles. The molecule has 5 nitrogen and oxygen atoms in total. The summed E-state index contributed by atoms with van der Waals surface area (Å²) in [6.45, 7) is 0. The maximum atomic E-state index is 12.3. The summed E-state index contributed by atoms with van der Waals surface area (Å²) >= 11 is 8.60. The molecule has 3 aromatic carbocycles. The number of hydrogen-bond acceptors (Lipinski definition) is 4. The van der Waals surface area contributed by atoms with Crippen molar-refractivity contribution in [2.75, 3.05) is 5.32 Å². The molecule has 0 aliphatic carbocycles. The van der Waals surface area contributed by atoms with Crippen LogP contribution in [-0.2, 0) is 0 Å². The first-order chi connectivity index (χ1) is 13.6. The minimum absolute atomic E-state index is 0.211. The molecular weight excluding hydrogens is 438 g/mol. The largest absolute Gasteiger partial charge is 0.436 e. The van der Waals surface area contributed by atoms with E-state index in [2.05, 4.69) is 31.5 Å². The van der Waals surface area contributed by atoms with Gasteiger partial charge in [-0.25, -0.2) is 4.98 Å². The summed E-state index contributed by atoms with van der Waals surface area (Å²) in [5, 5.41) is 5.90. The number of carbonyl (C=O) groups excluding carboxylic acids is 1. The standard InChI is InChI=1S/C21H14BrN3O2S/c22-15-10-8-13(9-11-15)19(26)25-21(28)23-16-5-3-4-14(12-16)20-24-17-6-1-2-7-18(17)27-20/h1-12H,(H2,23,25,26,28). The molecule has 7 heteroatoms. The molecule has 2 N–H and O–H groups in total. The van der Waals surface area contributed by atoms with Gasteiger partial charge < -0.3 is 9.73 Å². The second-order valence-corrected chi connectivity index (χ2v) is 7.31. The van der Waals surface area contributed by atoms with Crippen molar-refractivity contribution in [2.24, 2.45) is 0 Å². The van der Waals surface area contributed by atoms with Crippen LogP contribution in [0.25, 0.3) is 22.6 Å². The number of oxazole rings is 1. The minimum atomic E-state index is -0.278. The van der Waals surface area contributed by atoms with Crippen molar-refractivity contribution < 1.29 is 9.21 Å². The van der Waals surface area contributed by atoms with Crippen LogP contribution in [0.1, 0.15) is 10.4 Å². The number of para-hydroxylation sites is 2. The summed E-state index contributed by atoms with van der Waals surface area (Å²) in [5.74, 6) is 0.245. The third-order valence-electron chi connectivity index (χ3n) is 3.99. The normalized spacial score (nSPS) is 10.6. The second kappa shape index (κ2) is 7.92. The van der Waals surface area contributed by atoms with Crippen molar-refractivity contribution >= 4 is 56.0 Å². The van der Waals surface area contributed by atoms with Gasteiger partial charge in [0, 0.05) is 21.3 Å². The van der Waals surface area contributed by atoms with Gasteiger partial charge in [0.2, 0.25) is 5.89 Å². The van der Waals surface area contributed by atoms with Crippen molar-refractivity contribution in [1.29, 1.82) is 0 Å². The van der Waals surface area contributed by atoms with Crippen LogP contribution in [-0.4, -0.2) is 16.0 Å². The smallest absolute Gasteiger partial charge is 0.257 e. The number of nitrogens with one attached hydrogen (secondary N) is 2. The Bertz CT molecular complexity index is 1140. The zero-order valence-corrected chi connectivity index (χ0v) is 16.9. The summed E-state index contributed by atoms with van der Waals surface area (Å²) in [6.07, 6.45) is 0. The van der Waals surface area contributed by atoms with Gasteiger partial charge in [0.05, 0.1) is 0 Å². The van der Waals surface area contributed by atoms with Crippen LogP contribution in [0.2, 0.25) is 0 Å². The summed E-state index contributed by atoms with van der Waals surface area (Å²) < 4.78 is 6.70. The van der Waals surface area contributed by atoms with Crippen molar-refractivity contribution in [3.63, 3.8) is 0 Å². The Hall–Kier alpha value is -3.03. The summed E-state index contributed by atoms with van der Waals surface area (Å²) in [6, 6.07) is 22.1. The average Bonchev–Trinajstić information content (AvgIpc) is 3.13. The highest BCUT2D eigenvalue weighted by molar-refractivity contribution is 9.10. The van der Waals surface area contributed by atoms with E-state index < -0.39 is 0 Å². The number of halogens is 1. The van der Waals surface area contributed by atoms with Crippen LogP contribution in [0.5, 0.6) is 0 Å². The minimum Gasteiger partial charge on any atom is -0.436 e. The van der Waals surface area contributed by atoms with Crippen molar-refractivity contribution in [1.82, 2.24) is 10.3 Å². The molecular formula is C21H14BrN3O2S. The molecule has 0 fully saturated rings. The number of carbonyl (C=O) groups is 1. The van der Waals surface area contributed by atoms with Crippen LogP contribution in [0.3, 0.4) is 0 Å². The molecule has 0 unspecified atom stereocenters. The van der Waals surface area contributed by atoms with Gasteiger partial charge in [0.25, 0.3) is 5.91 Å². The molecule has 0 radical (unpaired) electrons. The first kappa shape index (κ1) is 18.3. The number of rotatable bonds is 3. The molecule has 0 saturated carbocycles. The molecule has 4 rings (SSSR count). The third-order valence-corrected chi connectivity index (χ3v) is 4.73. The van der Waals surface area contributed by atoms with Gasteiger partial charge in [-0.1, -0.05) is 34.1 Å². The number of fused-ring (bicyclic) bond motifs is 1. The van der Waals surface area contributed by atoms with Crippen molar-refractivity contribution in [3.05, 3.63) is 82.8 Å². The predicted molar refractivity (Wildman–Crippen MR) is 117 cm³/mol. The first-order valence-electron chi connectivity index (χ1n) is 8.42. The third kappa shape index (κ3) is 4.11. The number of thiocarbonyl (C=S) groups is 1. The molecule has 0 spiro atoms. The quantitative estimate of drug-likeness (QED) is 0.409. The van der Waals surface area contributed by atoms with E-state index in [4.69, 9.17) is 16.6 Å².